The second-order valence-electron chi connectivity index (χ2n) is 5.25. The first kappa shape index (κ1) is 15.9. The van der Waals surface area contributed by atoms with Gasteiger partial charge < -0.3 is 10.4 Å². The third-order valence-electron chi connectivity index (χ3n) is 3.78. The lowest BCUT2D eigenvalue weighted by molar-refractivity contribution is -0.123. The predicted molar refractivity (Wildman–Crippen MR) is 73.4 cm³/mol. The van der Waals surface area contributed by atoms with E-state index in [4.69, 9.17) is 5.11 Å². The lowest BCUT2D eigenvalue weighted by Crippen LogP contribution is -2.50. The average Bonchev–Trinajstić information content (AvgIpc) is 2.64. The van der Waals surface area contributed by atoms with Crippen molar-refractivity contribution in [2.45, 2.75) is 51.0 Å². The summed E-state index contributed by atoms with van der Waals surface area (Å²) in [4.78, 5) is 13.9. The van der Waals surface area contributed by atoms with Gasteiger partial charge in [0, 0.05) is 6.54 Å². The van der Waals surface area contributed by atoms with Crippen molar-refractivity contribution in [3.05, 3.63) is 0 Å². The van der Waals surface area contributed by atoms with Crippen LogP contribution >= 0.6 is 0 Å². The number of amides is 1. The largest absolute Gasteiger partial charge is 0.395 e. The van der Waals surface area contributed by atoms with E-state index in [9.17, 15) is 10.1 Å². The maximum absolute atomic E-state index is 12.0. The van der Waals surface area contributed by atoms with Gasteiger partial charge in [0.2, 0.25) is 5.91 Å². The minimum Gasteiger partial charge on any atom is -0.395 e. The van der Waals surface area contributed by atoms with Gasteiger partial charge >= 0.3 is 0 Å². The van der Waals surface area contributed by atoms with Crippen molar-refractivity contribution >= 4 is 5.91 Å². The van der Waals surface area contributed by atoms with Crippen molar-refractivity contribution in [3.63, 3.8) is 0 Å². The number of nitrogens with one attached hydrogen (secondary N) is 1. The lowest BCUT2D eigenvalue weighted by Gasteiger charge is -2.28. The molecular weight excluding hydrogens is 242 g/mol. The Hall–Kier alpha value is -1.12. The molecule has 5 nitrogen and oxygen atoms in total. The average molecular weight is 267 g/mol. The molecular formula is C14H25N3O2. The first-order valence-corrected chi connectivity index (χ1v) is 7.21. The van der Waals surface area contributed by atoms with Gasteiger partial charge in [0.1, 0.15) is 5.54 Å². The predicted octanol–water partition coefficient (Wildman–Crippen LogP) is 1.03. The smallest absolute Gasteiger partial charge is 0.235 e. The van der Waals surface area contributed by atoms with Gasteiger partial charge in [-0.05, 0) is 19.4 Å². The van der Waals surface area contributed by atoms with E-state index < -0.39 is 5.54 Å². The fraction of sp³-hybridized carbons (Fsp3) is 0.857. The third kappa shape index (κ3) is 5.17. The van der Waals surface area contributed by atoms with E-state index in [1.807, 2.05) is 11.8 Å². The van der Waals surface area contributed by atoms with E-state index in [0.29, 0.717) is 13.1 Å². The van der Waals surface area contributed by atoms with Crippen molar-refractivity contribution in [3.8, 4) is 6.07 Å². The summed E-state index contributed by atoms with van der Waals surface area (Å²) in [5, 5.41) is 21.2. The number of aliphatic hydroxyl groups is 1. The van der Waals surface area contributed by atoms with E-state index in [1.165, 1.54) is 0 Å². The highest BCUT2D eigenvalue weighted by Gasteiger charge is 2.32. The Morgan fingerprint density at radius 1 is 1.37 bits per heavy atom. The summed E-state index contributed by atoms with van der Waals surface area (Å²) in [6, 6.07) is 2.31. The van der Waals surface area contributed by atoms with Crippen molar-refractivity contribution in [2.24, 2.45) is 0 Å². The zero-order valence-corrected chi connectivity index (χ0v) is 11.8. The number of carbonyl (C=O) groups is 1. The van der Waals surface area contributed by atoms with Crippen LogP contribution in [0.2, 0.25) is 0 Å². The number of hydrogen-bond acceptors (Lipinski definition) is 4. The molecule has 0 heterocycles. The van der Waals surface area contributed by atoms with Crippen LogP contribution in [-0.2, 0) is 4.79 Å². The van der Waals surface area contributed by atoms with E-state index in [1.54, 1.807) is 0 Å². The Kier molecular flexibility index (Phi) is 6.82. The van der Waals surface area contributed by atoms with Crippen LogP contribution in [0.3, 0.4) is 0 Å². The normalized spacial score (nSPS) is 18.6. The van der Waals surface area contributed by atoms with E-state index in [-0.39, 0.29) is 19.1 Å². The first-order valence-electron chi connectivity index (χ1n) is 7.21. The van der Waals surface area contributed by atoms with Crippen LogP contribution in [0, 0.1) is 11.3 Å². The SMILES string of the molecule is CCN(CCO)CC(=O)NC1(C#N)CCCCCC1. The summed E-state index contributed by atoms with van der Waals surface area (Å²) in [6.07, 6.45) is 5.79. The van der Waals surface area contributed by atoms with Crippen molar-refractivity contribution < 1.29 is 9.90 Å². The summed E-state index contributed by atoms with van der Waals surface area (Å²) >= 11 is 0. The molecule has 0 aromatic rings. The molecule has 1 aliphatic carbocycles. The number of aliphatic hydroxyl groups excluding tert-OH is 1. The molecule has 0 spiro atoms. The molecule has 0 aliphatic heterocycles. The summed E-state index contributed by atoms with van der Waals surface area (Å²) in [6.45, 7) is 3.46. The van der Waals surface area contributed by atoms with Crippen molar-refractivity contribution in [2.75, 3.05) is 26.2 Å². The Labute approximate surface area is 115 Å². The number of nitrogens with zero attached hydrogens (tertiary/aromatic N) is 2. The molecule has 1 aliphatic rings. The molecule has 0 radical (unpaired) electrons. The monoisotopic (exact) mass is 267 g/mol. The molecule has 0 atom stereocenters. The van der Waals surface area contributed by atoms with Gasteiger partial charge in [0.25, 0.3) is 0 Å². The fourth-order valence-electron chi connectivity index (χ4n) is 2.60. The van der Waals surface area contributed by atoms with Crippen molar-refractivity contribution in [1.82, 2.24) is 10.2 Å². The Morgan fingerprint density at radius 2 is 2.00 bits per heavy atom. The topological polar surface area (TPSA) is 76.4 Å². The van der Waals surface area contributed by atoms with Crippen LogP contribution in [0.5, 0.6) is 0 Å². The quantitative estimate of drug-likeness (QED) is 0.705. The Morgan fingerprint density at radius 3 is 2.47 bits per heavy atom. The van der Waals surface area contributed by atoms with Crippen LogP contribution < -0.4 is 5.32 Å². The van der Waals surface area contributed by atoms with E-state index in [2.05, 4.69) is 11.4 Å². The lowest BCUT2D eigenvalue weighted by atomic mass is 9.92. The highest BCUT2D eigenvalue weighted by atomic mass is 16.3. The van der Waals surface area contributed by atoms with Gasteiger partial charge in [0.15, 0.2) is 0 Å². The van der Waals surface area contributed by atoms with Gasteiger partial charge in [-0.15, -0.1) is 0 Å². The van der Waals surface area contributed by atoms with Gasteiger partial charge in [-0.1, -0.05) is 32.6 Å². The summed E-state index contributed by atoms with van der Waals surface area (Å²) in [5.74, 6) is -0.112. The highest BCUT2D eigenvalue weighted by Crippen LogP contribution is 2.26. The van der Waals surface area contributed by atoms with E-state index >= 15 is 0 Å². The molecule has 19 heavy (non-hydrogen) atoms. The second-order valence-corrected chi connectivity index (χ2v) is 5.25. The number of rotatable bonds is 6. The Balaban J connectivity index is 2.54. The van der Waals surface area contributed by atoms with Crippen LogP contribution in [0.15, 0.2) is 0 Å². The van der Waals surface area contributed by atoms with E-state index in [0.717, 1.165) is 38.5 Å². The molecule has 1 saturated carbocycles. The van der Waals surface area contributed by atoms with Crippen molar-refractivity contribution in [1.29, 1.82) is 5.26 Å². The third-order valence-corrected chi connectivity index (χ3v) is 3.78. The maximum atomic E-state index is 12.0. The maximum Gasteiger partial charge on any atom is 0.235 e. The molecule has 0 bridgehead atoms. The molecule has 0 saturated heterocycles. The van der Waals surface area contributed by atoms with Gasteiger partial charge in [0.05, 0.1) is 19.2 Å². The second kappa shape index (κ2) is 8.13. The summed E-state index contributed by atoms with van der Waals surface area (Å²) < 4.78 is 0. The molecule has 2 N–H and O–H groups in total. The number of nitriles is 1. The number of likely N-dealkylation sites (N-methyl/N-ethyl adjacent to an activating group) is 1. The molecule has 108 valence electrons. The summed E-state index contributed by atoms with van der Waals surface area (Å²) in [5.41, 5.74) is -0.674. The minimum atomic E-state index is -0.674. The molecule has 0 aromatic carbocycles. The molecule has 1 rings (SSSR count). The van der Waals surface area contributed by atoms with Crippen LogP contribution in [-0.4, -0.2) is 47.7 Å². The van der Waals surface area contributed by atoms with Crippen LogP contribution in [0.25, 0.3) is 0 Å². The number of carbonyl (C=O) groups excluding carboxylic acids is 1. The molecule has 1 amide bonds. The number of hydrogen-bond donors (Lipinski definition) is 2. The molecule has 5 heteroatoms. The highest BCUT2D eigenvalue weighted by molar-refractivity contribution is 5.79. The standard InChI is InChI=1S/C14H25N3O2/c1-2-17(9-10-18)11-13(19)16-14(12-15)7-5-3-4-6-8-14/h18H,2-11H2,1H3,(H,16,19). The van der Waals surface area contributed by atoms with Crippen LogP contribution in [0.4, 0.5) is 0 Å². The van der Waals surface area contributed by atoms with Gasteiger partial charge in [-0.25, -0.2) is 0 Å². The van der Waals surface area contributed by atoms with Gasteiger partial charge in [-0.3, -0.25) is 9.69 Å². The molecule has 0 unspecified atom stereocenters. The summed E-state index contributed by atoms with van der Waals surface area (Å²) in [7, 11) is 0. The first-order chi connectivity index (χ1) is 9.15. The molecule has 1 fully saturated rings. The van der Waals surface area contributed by atoms with Crippen LogP contribution in [0.1, 0.15) is 45.4 Å². The zero-order valence-electron chi connectivity index (χ0n) is 11.8. The Bertz CT molecular complexity index is 317. The molecule has 0 aromatic heterocycles. The van der Waals surface area contributed by atoms with Gasteiger partial charge in [-0.2, -0.15) is 5.26 Å². The minimum absolute atomic E-state index is 0.0461. The fourth-order valence-corrected chi connectivity index (χ4v) is 2.60. The zero-order chi connectivity index (χ0) is 14.1.